The van der Waals surface area contributed by atoms with Crippen LogP contribution in [0.2, 0.25) is 0 Å². The molecular weight excluding hydrogens is 316 g/mol. The van der Waals surface area contributed by atoms with E-state index < -0.39 is 0 Å². The lowest BCUT2D eigenvalue weighted by atomic mass is 10.00. The van der Waals surface area contributed by atoms with Crippen LogP contribution in [0.4, 0.5) is 0 Å². The van der Waals surface area contributed by atoms with Gasteiger partial charge in [0, 0.05) is 19.1 Å². The number of piperidine rings is 2. The molecule has 0 aliphatic carbocycles. The van der Waals surface area contributed by atoms with Gasteiger partial charge in [-0.25, -0.2) is 0 Å². The van der Waals surface area contributed by atoms with Crippen molar-refractivity contribution in [2.45, 2.75) is 38.1 Å². The van der Waals surface area contributed by atoms with Crippen LogP contribution in [0, 0.1) is 0 Å². The van der Waals surface area contributed by atoms with Crippen molar-refractivity contribution < 1.29 is 4.79 Å². The first-order valence-electron chi connectivity index (χ1n) is 9.18. The highest BCUT2D eigenvalue weighted by molar-refractivity contribution is 5.97. The Labute approximate surface area is 147 Å². The lowest BCUT2D eigenvalue weighted by Crippen LogP contribution is -2.51. The zero-order valence-electron chi connectivity index (χ0n) is 14.4. The third-order valence-corrected chi connectivity index (χ3v) is 5.32. The highest BCUT2D eigenvalue weighted by Gasteiger charge is 2.30. The molecule has 1 amide bonds. The molecule has 4 rings (SSSR count). The van der Waals surface area contributed by atoms with Gasteiger partial charge in [0.1, 0.15) is 6.33 Å². The predicted molar refractivity (Wildman–Crippen MR) is 93.5 cm³/mol. The molecule has 2 saturated heterocycles. The van der Waals surface area contributed by atoms with Gasteiger partial charge in [0.2, 0.25) is 0 Å². The summed E-state index contributed by atoms with van der Waals surface area (Å²) in [5.41, 5.74) is 1.40. The van der Waals surface area contributed by atoms with Crippen LogP contribution in [0.25, 0.3) is 5.69 Å². The Balaban J connectivity index is 1.53. The van der Waals surface area contributed by atoms with Gasteiger partial charge < -0.3 is 4.90 Å². The van der Waals surface area contributed by atoms with Crippen LogP contribution in [0.15, 0.2) is 30.6 Å². The SMILES string of the molecule is O=C(c1ccccc1-n1cnnn1)N1CCC[C@H](N2CCCCC2)C1. The van der Waals surface area contributed by atoms with E-state index in [1.165, 1.54) is 45.1 Å². The smallest absolute Gasteiger partial charge is 0.256 e. The minimum Gasteiger partial charge on any atom is -0.337 e. The van der Waals surface area contributed by atoms with E-state index >= 15 is 0 Å². The second-order valence-electron chi connectivity index (χ2n) is 6.92. The average molecular weight is 340 g/mol. The topological polar surface area (TPSA) is 67.2 Å². The normalized spacial score (nSPS) is 22.1. The summed E-state index contributed by atoms with van der Waals surface area (Å²) >= 11 is 0. The molecule has 25 heavy (non-hydrogen) atoms. The molecule has 132 valence electrons. The Morgan fingerprint density at radius 2 is 1.88 bits per heavy atom. The minimum absolute atomic E-state index is 0.0767. The Bertz CT molecular complexity index is 710. The van der Waals surface area contributed by atoms with Crippen molar-refractivity contribution in [1.29, 1.82) is 0 Å². The van der Waals surface area contributed by atoms with E-state index in [0.717, 1.165) is 25.2 Å². The number of para-hydroxylation sites is 1. The summed E-state index contributed by atoms with van der Waals surface area (Å²) in [6.07, 6.45) is 7.70. The maximum absolute atomic E-state index is 13.2. The Morgan fingerprint density at radius 3 is 2.68 bits per heavy atom. The van der Waals surface area contributed by atoms with Crippen molar-refractivity contribution in [3.63, 3.8) is 0 Å². The molecule has 1 aromatic heterocycles. The highest BCUT2D eigenvalue weighted by Crippen LogP contribution is 2.23. The first-order valence-corrected chi connectivity index (χ1v) is 9.18. The summed E-state index contributed by atoms with van der Waals surface area (Å²) in [7, 11) is 0. The Hall–Kier alpha value is -2.28. The molecule has 1 atom stereocenters. The second-order valence-corrected chi connectivity index (χ2v) is 6.92. The number of nitrogens with zero attached hydrogens (tertiary/aromatic N) is 6. The van der Waals surface area contributed by atoms with E-state index in [-0.39, 0.29) is 5.91 Å². The molecule has 2 aliphatic heterocycles. The maximum Gasteiger partial charge on any atom is 0.256 e. The molecule has 0 saturated carbocycles. The number of hydrogen-bond donors (Lipinski definition) is 0. The molecule has 3 heterocycles. The molecule has 2 fully saturated rings. The molecule has 0 radical (unpaired) electrons. The minimum atomic E-state index is 0.0767. The van der Waals surface area contributed by atoms with Crippen LogP contribution in [0.1, 0.15) is 42.5 Å². The maximum atomic E-state index is 13.2. The molecule has 1 aromatic carbocycles. The number of amides is 1. The van der Waals surface area contributed by atoms with Gasteiger partial charge in [0.05, 0.1) is 11.3 Å². The van der Waals surface area contributed by atoms with Crippen molar-refractivity contribution in [3.8, 4) is 5.69 Å². The summed E-state index contributed by atoms with van der Waals surface area (Å²) in [6.45, 7) is 4.00. The number of tetrazole rings is 1. The lowest BCUT2D eigenvalue weighted by molar-refractivity contribution is 0.0537. The standard InChI is InChI=1S/C18H24N6O/c25-18(16-8-2-3-9-17(16)24-14-19-20-21-24)23-12-6-7-15(13-23)22-10-4-1-5-11-22/h2-3,8-9,14-15H,1,4-7,10-13H2/t15-/m0/s1. The Kier molecular flexibility index (Phi) is 4.74. The van der Waals surface area contributed by atoms with Gasteiger partial charge in [-0.15, -0.1) is 5.10 Å². The summed E-state index contributed by atoms with van der Waals surface area (Å²) in [5, 5.41) is 11.3. The van der Waals surface area contributed by atoms with Crippen LogP contribution in [-0.4, -0.2) is 68.1 Å². The van der Waals surface area contributed by atoms with E-state index in [2.05, 4.69) is 20.4 Å². The molecule has 2 aliphatic rings. The number of carbonyl (C=O) groups excluding carboxylic acids is 1. The zero-order chi connectivity index (χ0) is 17.1. The number of benzene rings is 1. The summed E-state index contributed by atoms with van der Waals surface area (Å²) < 4.78 is 1.55. The van der Waals surface area contributed by atoms with Gasteiger partial charge in [-0.3, -0.25) is 9.69 Å². The van der Waals surface area contributed by atoms with Crippen molar-refractivity contribution in [2.24, 2.45) is 0 Å². The molecular formula is C18H24N6O. The molecule has 0 spiro atoms. The largest absolute Gasteiger partial charge is 0.337 e. The van der Waals surface area contributed by atoms with Crippen molar-refractivity contribution >= 4 is 5.91 Å². The fraction of sp³-hybridized carbons (Fsp3) is 0.556. The van der Waals surface area contributed by atoms with E-state index in [0.29, 0.717) is 11.6 Å². The van der Waals surface area contributed by atoms with Crippen LogP contribution in [0.5, 0.6) is 0 Å². The number of hydrogen-bond acceptors (Lipinski definition) is 5. The molecule has 0 N–H and O–H groups in total. The van der Waals surface area contributed by atoms with Gasteiger partial charge in [-0.2, -0.15) is 4.68 Å². The van der Waals surface area contributed by atoms with Crippen LogP contribution in [0.3, 0.4) is 0 Å². The summed E-state index contributed by atoms with van der Waals surface area (Å²) in [4.78, 5) is 17.8. The number of carbonyl (C=O) groups is 1. The molecule has 7 nitrogen and oxygen atoms in total. The van der Waals surface area contributed by atoms with E-state index in [1.54, 1.807) is 4.68 Å². The third kappa shape index (κ3) is 3.42. The molecule has 0 unspecified atom stereocenters. The van der Waals surface area contributed by atoms with E-state index in [4.69, 9.17) is 0 Å². The summed E-state index contributed by atoms with van der Waals surface area (Å²) in [6, 6.07) is 8.05. The first-order chi connectivity index (χ1) is 12.3. The number of likely N-dealkylation sites (tertiary alicyclic amines) is 2. The lowest BCUT2D eigenvalue weighted by Gasteiger charge is -2.41. The fourth-order valence-electron chi connectivity index (χ4n) is 4.02. The number of rotatable bonds is 3. The van der Waals surface area contributed by atoms with Crippen molar-refractivity contribution in [2.75, 3.05) is 26.2 Å². The van der Waals surface area contributed by atoms with Gasteiger partial charge >= 0.3 is 0 Å². The molecule has 7 heteroatoms. The van der Waals surface area contributed by atoms with Crippen molar-refractivity contribution in [3.05, 3.63) is 36.2 Å². The fourth-order valence-corrected chi connectivity index (χ4v) is 4.02. The third-order valence-electron chi connectivity index (χ3n) is 5.32. The highest BCUT2D eigenvalue weighted by atomic mass is 16.2. The van der Waals surface area contributed by atoms with E-state index in [9.17, 15) is 4.79 Å². The first kappa shape index (κ1) is 16.2. The van der Waals surface area contributed by atoms with Crippen LogP contribution >= 0.6 is 0 Å². The Morgan fingerprint density at radius 1 is 1.04 bits per heavy atom. The van der Waals surface area contributed by atoms with Gasteiger partial charge in [0.15, 0.2) is 0 Å². The van der Waals surface area contributed by atoms with Crippen molar-refractivity contribution in [1.82, 2.24) is 30.0 Å². The van der Waals surface area contributed by atoms with Gasteiger partial charge in [-0.05, 0) is 61.3 Å². The zero-order valence-corrected chi connectivity index (χ0v) is 14.4. The van der Waals surface area contributed by atoms with E-state index in [1.807, 2.05) is 29.2 Å². The van der Waals surface area contributed by atoms with Crippen LogP contribution < -0.4 is 0 Å². The van der Waals surface area contributed by atoms with Gasteiger partial charge in [0.25, 0.3) is 5.91 Å². The number of aromatic nitrogens is 4. The second kappa shape index (κ2) is 7.31. The van der Waals surface area contributed by atoms with Crippen LogP contribution in [-0.2, 0) is 0 Å². The molecule has 0 bridgehead atoms. The predicted octanol–water partition coefficient (Wildman–Crippen LogP) is 1.75. The average Bonchev–Trinajstić information content (AvgIpc) is 3.23. The monoisotopic (exact) mass is 340 g/mol. The molecule has 2 aromatic rings. The quantitative estimate of drug-likeness (QED) is 0.852. The summed E-state index contributed by atoms with van der Waals surface area (Å²) in [5.74, 6) is 0.0767. The van der Waals surface area contributed by atoms with Gasteiger partial charge in [-0.1, -0.05) is 18.6 Å².